The van der Waals surface area contributed by atoms with Gasteiger partial charge in [-0.2, -0.15) is 0 Å². The van der Waals surface area contributed by atoms with E-state index in [1.54, 1.807) is 30.3 Å². The van der Waals surface area contributed by atoms with Crippen LogP contribution in [0.5, 0.6) is 5.75 Å². The number of phenolic OH excluding ortho intramolecular Hbond substituents is 1. The first-order valence-corrected chi connectivity index (χ1v) is 9.94. The van der Waals surface area contributed by atoms with Crippen molar-refractivity contribution in [3.8, 4) is 5.75 Å². The number of amides is 1. The zero-order valence-corrected chi connectivity index (χ0v) is 17.5. The van der Waals surface area contributed by atoms with Crippen LogP contribution in [0.4, 0.5) is 5.69 Å². The molecular weight excluding hydrogens is 404 g/mol. The maximum Gasteiger partial charge on any atom is 1.00 e. The van der Waals surface area contributed by atoms with Gasteiger partial charge in [0.2, 0.25) is 0 Å². The zero-order valence-electron chi connectivity index (χ0n) is 14.6. The van der Waals surface area contributed by atoms with E-state index in [1.807, 2.05) is 0 Å². The van der Waals surface area contributed by atoms with Crippen molar-refractivity contribution < 1.29 is 62.7 Å². The van der Waals surface area contributed by atoms with Crippen LogP contribution in [0, 0.1) is 0 Å². The Morgan fingerprint density at radius 2 is 1.64 bits per heavy atom. The topological polar surface area (TPSA) is 144 Å². The minimum absolute atomic E-state index is 0. The Morgan fingerprint density at radius 1 is 1.08 bits per heavy atom. The molecule has 5 N–H and O–H groups in total. The SMILES string of the molecule is CC(=O)Nc1ccc(O)c([As](=O)(O)O)c1.O=C(O)c1ccccc1.[H-].[Na+]. The van der Waals surface area contributed by atoms with Gasteiger partial charge in [0, 0.05) is 0 Å². The third-order valence-electron chi connectivity index (χ3n) is 2.63. The predicted octanol–water partition coefficient (Wildman–Crippen LogP) is -2.59. The molecule has 0 saturated heterocycles. The average molecular weight is 421 g/mol. The van der Waals surface area contributed by atoms with E-state index >= 15 is 0 Å². The molecule has 0 heterocycles. The van der Waals surface area contributed by atoms with E-state index in [1.165, 1.54) is 13.0 Å². The Morgan fingerprint density at radius 3 is 2.04 bits per heavy atom. The van der Waals surface area contributed by atoms with Crippen LogP contribution < -0.4 is 39.2 Å². The molecule has 8 nitrogen and oxygen atoms in total. The summed E-state index contributed by atoms with van der Waals surface area (Å²) in [6.45, 7) is 1.27. The van der Waals surface area contributed by atoms with E-state index in [-0.39, 0.29) is 42.6 Å². The van der Waals surface area contributed by atoms with Gasteiger partial charge in [-0.3, -0.25) is 0 Å². The molecule has 1 amide bonds. The van der Waals surface area contributed by atoms with Gasteiger partial charge in [0.15, 0.2) is 0 Å². The molecule has 2 aromatic rings. The van der Waals surface area contributed by atoms with Crippen LogP contribution in [0.3, 0.4) is 0 Å². The van der Waals surface area contributed by atoms with Crippen molar-refractivity contribution in [3.05, 3.63) is 54.1 Å². The monoisotopic (exact) mass is 421 g/mol. The van der Waals surface area contributed by atoms with E-state index < -0.39 is 30.2 Å². The van der Waals surface area contributed by atoms with Crippen LogP contribution in [-0.2, 0) is 8.53 Å². The molecule has 2 rings (SSSR count). The van der Waals surface area contributed by atoms with E-state index in [9.17, 15) is 18.4 Å². The first-order valence-electron chi connectivity index (χ1n) is 6.56. The maximum atomic E-state index is 11.0. The number of aromatic carboxylic acids is 1. The van der Waals surface area contributed by atoms with Crippen molar-refractivity contribution in [2.24, 2.45) is 0 Å². The minimum atomic E-state index is -5.15. The van der Waals surface area contributed by atoms with Gasteiger partial charge in [0.1, 0.15) is 0 Å². The van der Waals surface area contributed by atoms with Crippen LogP contribution in [0.1, 0.15) is 18.7 Å². The van der Waals surface area contributed by atoms with Gasteiger partial charge in [-0.1, -0.05) is 18.2 Å². The summed E-state index contributed by atoms with van der Waals surface area (Å²) in [6, 6.07) is 11.8. The second-order valence-electron chi connectivity index (χ2n) is 4.60. The number of benzene rings is 2. The molecule has 0 radical (unpaired) electrons. The van der Waals surface area contributed by atoms with Crippen LogP contribution in [0.2, 0.25) is 0 Å². The second kappa shape index (κ2) is 10.4. The maximum absolute atomic E-state index is 11.0. The molecule has 0 aliphatic heterocycles. The van der Waals surface area contributed by atoms with E-state index in [0.29, 0.717) is 5.56 Å². The van der Waals surface area contributed by atoms with Gasteiger partial charge >= 0.3 is 124 Å². The smallest absolute Gasteiger partial charge is 1.00 e. The van der Waals surface area contributed by atoms with E-state index in [2.05, 4.69) is 5.32 Å². The third-order valence-corrected chi connectivity index (χ3v) is 4.70. The van der Waals surface area contributed by atoms with E-state index in [0.717, 1.165) is 12.1 Å². The summed E-state index contributed by atoms with van der Waals surface area (Å²) in [5.41, 5.74) is 0.567. The zero-order chi connectivity index (χ0) is 18.3. The van der Waals surface area contributed by atoms with Crippen molar-refractivity contribution in [2.45, 2.75) is 6.92 Å². The summed E-state index contributed by atoms with van der Waals surface area (Å²) < 4.78 is 28.4. The van der Waals surface area contributed by atoms with Crippen LogP contribution >= 0.6 is 0 Å². The first kappa shape index (κ1) is 23.5. The number of carboxylic acid groups (broad SMARTS) is 1. The number of phenols is 1. The molecule has 0 aliphatic rings. The molecule has 25 heavy (non-hydrogen) atoms. The molecule has 0 fully saturated rings. The number of carbonyl (C=O) groups excluding carboxylic acids is 1. The fourth-order valence-corrected chi connectivity index (χ4v) is 3.05. The van der Waals surface area contributed by atoms with Gasteiger partial charge in [-0.25, -0.2) is 4.79 Å². The molecule has 0 bridgehead atoms. The Hall–Kier alpha value is -1.54. The van der Waals surface area contributed by atoms with Crippen molar-refractivity contribution in [1.82, 2.24) is 0 Å². The first-order chi connectivity index (χ1) is 11.1. The third kappa shape index (κ3) is 8.40. The Balaban J connectivity index is 0. The van der Waals surface area contributed by atoms with Gasteiger partial charge in [-0.15, -0.1) is 0 Å². The molecule has 2 aromatic carbocycles. The number of anilines is 1. The van der Waals surface area contributed by atoms with Crippen LogP contribution in [0.15, 0.2) is 48.5 Å². The molecule has 0 saturated carbocycles. The second-order valence-corrected chi connectivity index (χ2v) is 7.89. The molecule has 0 aromatic heterocycles. The quantitative estimate of drug-likeness (QED) is 0.270. The summed E-state index contributed by atoms with van der Waals surface area (Å²) in [5.74, 6) is -1.71. The Bertz CT molecular complexity index is 783. The van der Waals surface area contributed by atoms with Crippen LogP contribution in [-0.4, -0.2) is 44.5 Å². The number of hydrogen-bond acceptors (Lipinski definition) is 4. The minimum Gasteiger partial charge on any atom is -1.00 e. The number of nitrogens with one attached hydrogen (secondary N) is 1. The fourth-order valence-electron chi connectivity index (χ4n) is 1.62. The molecule has 0 atom stereocenters. The molecule has 0 aliphatic carbocycles. The largest absolute Gasteiger partial charge is 1.00 e. The number of carbonyl (C=O) groups is 2. The van der Waals surface area contributed by atoms with Gasteiger partial charge < -0.3 is 6.53 Å². The fraction of sp³-hybridized carbons (Fsp3) is 0.0667. The summed E-state index contributed by atoms with van der Waals surface area (Å²) in [5, 5.41) is 20.0. The van der Waals surface area contributed by atoms with Crippen molar-refractivity contribution >= 4 is 36.1 Å². The number of carboxylic acids is 1. The Kier molecular flexibility index (Phi) is 9.81. The summed E-state index contributed by atoms with van der Waals surface area (Å²) in [6.07, 6.45) is 0. The Labute approximate surface area is 170 Å². The van der Waals surface area contributed by atoms with Gasteiger partial charge in [-0.05, 0) is 12.1 Å². The number of hydrogen-bond donors (Lipinski definition) is 5. The van der Waals surface area contributed by atoms with E-state index in [4.69, 9.17) is 13.3 Å². The predicted molar refractivity (Wildman–Crippen MR) is 87.4 cm³/mol. The summed E-state index contributed by atoms with van der Waals surface area (Å²) in [7, 11) is 0. The van der Waals surface area contributed by atoms with Gasteiger partial charge in [0.05, 0.1) is 5.56 Å². The molecule has 0 unspecified atom stereocenters. The summed E-state index contributed by atoms with van der Waals surface area (Å²) in [4.78, 5) is 20.9. The number of rotatable bonds is 3. The average Bonchev–Trinajstić information content (AvgIpc) is 2.49. The molecule has 10 heteroatoms. The van der Waals surface area contributed by atoms with Gasteiger partial charge in [0.25, 0.3) is 0 Å². The normalized spacial score (nSPS) is 9.88. The molecule has 130 valence electrons. The molecule has 0 spiro atoms. The van der Waals surface area contributed by atoms with Crippen molar-refractivity contribution in [1.29, 1.82) is 0 Å². The number of aromatic hydroxyl groups is 1. The standard InChI is InChI=1S/C8H10AsNO5.C7H6O2.Na.H/c1-5(11)10-6-2-3-8(12)7(4-6)9(13,14)15;8-7(9)6-4-2-1-3-5-6;;/h2-4,12H,1H3,(H,10,11)(H2,13,14,15);1-5H,(H,8,9);;/q;;+1;-1. The summed E-state index contributed by atoms with van der Waals surface area (Å²) >= 11 is -5.15. The van der Waals surface area contributed by atoms with Crippen molar-refractivity contribution in [2.75, 3.05) is 5.32 Å². The van der Waals surface area contributed by atoms with Crippen LogP contribution in [0.25, 0.3) is 0 Å². The van der Waals surface area contributed by atoms with Crippen molar-refractivity contribution in [3.63, 3.8) is 0 Å². The molecular formula is C15H17AsNNaO7.